The number of thiophene rings is 1. The Hall–Kier alpha value is -1.16. The number of guanidine groups is 1. The van der Waals surface area contributed by atoms with Crippen molar-refractivity contribution in [2.24, 2.45) is 10.4 Å². The molecule has 2 rings (SSSR count). The normalized spacial score (nSPS) is 17.2. The molecular weight excluding hydrogens is 372 g/mol. The van der Waals surface area contributed by atoms with Gasteiger partial charge in [0.15, 0.2) is 5.96 Å². The molecule has 7 nitrogen and oxygen atoms in total. The van der Waals surface area contributed by atoms with Crippen LogP contribution in [0, 0.1) is 5.41 Å². The molecule has 0 spiro atoms. The Morgan fingerprint density at radius 3 is 2.73 bits per heavy atom. The van der Waals surface area contributed by atoms with Gasteiger partial charge in [0.1, 0.15) is 4.21 Å². The predicted octanol–water partition coefficient (Wildman–Crippen LogP) is 1.74. The predicted molar refractivity (Wildman–Crippen MR) is 106 cm³/mol. The Labute approximate surface area is 160 Å². The van der Waals surface area contributed by atoms with Crippen LogP contribution in [-0.2, 0) is 14.8 Å². The smallest absolute Gasteiger partial charge is 0.252 e. The lowest BCUT2D eigenvalue weighted by atomic mass is 9.67. The number of methoxy groups -OCH3 is 1. The molecule has 1 fully saturated rings. The van der Waals surface area contributed by atoms with Crippen molar-refractivity contribution in [2.75, 3.05) is 47.4 Å². The number of hydrogen-bond acceptors (Lipinski definition) is 5. The van der Waals surface area contributed by atoms with Crippen molar-refractivity contribution in [2.45, 2.75) is 29.9 Å². The molecule has 0 saturated heterocycles. The van der Waals surface area contributed by atoms with Crippen molar-refractivity contribution < 1.29 is 13.2 Å². The first-order valence-electron chi connectivity index (χ1n) is 8.87. The highest BCUT2D eigenvalue weighted by molar-refractivity contribution is 7.91. The Kier molecular flexibility index (Phi) is 7.87. The van der Waals surface area contributed by atoms with E-state index in [-0.39, 0.29) is 0 Å². The van der Waals surface area contributed by atoms with Crippen LogP contribution < -0.4 is 10.6 Å². The number of aliphatic imine (C=N–C) groups is 1. The monoisotopic (exact) mass is 402 g/mol. The van der Waals surface area contributed by atoms with Crippen molar-refractivity contribution >= 4 is 27.3 Å². The summed E-state index contributed by atoms with van der Waals surface area (Å²) in [6, 6.07) is 3.37. The summed E-state index contributed by atoms with van der Waals surface area (Å²) in [6.45, 7) is 2.50. The molecule has 0 amide bonds. The summed E-state index contributed by atoms with van der Waals surface area (Å²) in [7, 11) is 1.66. The van der Waals surface area contributed by atoms with Gasteiger partial charge in [-0.15, -0.1) is 11.3 Å². The fourth-order valence-electron chi connectivity index (χ4n) is 3.02. The minimum absolute atomic E-state index is 0.299. The van der Waals surface area contributed by atoms with Crippen molar-refractivity contribution in [1.29, 1.82) is 0 Å². The highest BCUT2D eigenvalue weighted by atomic mass is 32.2. The third-order valence-corrected chi connectivity index (χ3v) is 8.21. The van der Waals surface area contributed by atoms with Crippen LogP contribution in [-0.4, -0.2) is 66.1 Å². The van der Waals surface area contributed by atoms with Crippen LogP contribution in [0.4, 0.5) is 0 Å². The second kappa shape index (κ2) is 9.68. The third-order valence-electron chi connectivity index (χ3n) is 4.98. The van der Waals surface area contributed by atoms with Gasteiger partial charge in [0.2, 0.25) is 0 Å². The van der Waals surface area contributed by atoms with Gasteiger partial charge in [-0.2, -0.15) is 4.31 Å². The van der Waals surface area contributed by atoms with Gasteiger partial charge < -0.3 is 15.4 Å². The standard InChI is InChI=1S/C17H30N4O3S2/c1-18-16(20-14-17(7-5-8-17)9-12-24-3)19-10-11-21(2)26(22,23)15-6-4-13-25-15/h4,6,13H,5,7-12,14H2,1-3H3,(H2,18,19,20). The van der Waals surface area contributed by atoms with Crippen LogP contribution in [0.2, 0.25) is 0 Å². The molecule has 0 atom stereocenters. The minimum atomic E-state index is -3.40. The van der Waals surface area contributed by atoms with Crippen LogP contribution >= 0.6 is 11.3 Å². The number of rotatable bonds is 10. The molecule has 148 valence electrons. The molecule has 9 heteroatoms. The first-order chi connectivity index (χ1) is 12.4. The van der Waals surface area contributed by atoms with Crippen molar-refractivity contribution in [1.82, 2.24) is 14.9 Å². The lowest BCUT2D eigenvalue weighted by Gasteiger charge is -2.42. The zero-order chi connectivity index (χ0) is 19.0. The highest BCUT2D eigenvalue weighted by Crippen LogP contribution is 2.43. The number of sulfonamides is 1. The van der Waals surface area contributed by atoms with E-state index >= 15 is 0 Å². The van der Waals surface area contributed by atoms with E-state index in [0.29, 0.717) is 28.7 Å². The topological polar surface area (TPSA) is 83.0 Å². The van der Waals surface area contributed by atoms with E-state index in [1.165, 1.54) is 34.9 Å². The summed E-state index contributed by atoms with van der Waals surface area (Å²) in [5, 5.41) is 8.35. The number of ether oxygens (including phenoxy) is 1. The molecule has 1 aliphatic rings. The van der Waals surface area contributed by atoms with E-state index in [4.69, 9.17) is 4.74 Å². The second-order valence-electron chi connectivity index (χ2n) is 6.71. The molecule has 1 saturated carbocycles. The molecule has 0 aliphatic heterocycles. The van der Waals surface area contributed by atoms with Crippen molar-refractivity contribution in [3.05, 3.63) is 17.5 Å². The van der Waals surface area contributed by atoms with Crippen LogP contribution in [0.25, 0.3) is 0 Å². The maximum Gasteiger partial charge on any atom is 0.252 e. The van der Waals surface area contributed by atoms with Gasteiger partial charge in [-0.25, -0.2) is 8.42 Å². The van der Waals surface area contributed by atoms with Gasteiger partial charge in [-0.05, 0) is 36.1 Å². The zero-order valence-electron chi connectivity index (χ0n) is 15.8. The Balaban J connectivity index is 1.77. The summed E-state index contributed by atoms with van der Waals surface area (Å²) < 4.78 is 31.7. The Morgan fingerprint density at radius 2 is 2.19 bits per heavy atom. The Morgan fingerprint density at radius 1 is 1.42 bits per heavy atom. The number of hydrogen-bond donors (Lipinski definition) is 2. The van der Waals surface area contributed by atoms with E-state index in [2.05, 4.69) is 15.6 Å². The van der Waals surface area contributed by atoms with E-state index in [0.717, 1.165) is 19.6 Å². The van der Waals surface area contributed by atoms with Gasteiger partial charge >= 0.3 is 0 Å². The van der Waals surface area contributed by atoms with Crippen LogP contribution in [0.1, 0.15) is 25.7 Å². The minimum Gasteiger partial charge on any atom is -0.385 e. The van der Waals surface area contributed by atoms with E-state index < -0.39 is 10.0 Å². The first kappa shape index (κ1) is 21.1. The largest absolute Gasteiger partial charge is 0.385 e. The quantitative estimate of drug-likeness (QED) is 0.460. The van der Waals surface area contributed by atoms with Crippen LogP contribution in [0.3, 0.4) is 0 Å². The maximum absolute atomic E-state index is 12.4. The molecule has 0 unspecified atom stereocenters. The molecule has 0 radical (unpaired) electrons. The van der Waals surface area contributed by atoms with Crippen molar-refractivity contribution in [3.8, 4) is 0 Å². The van der Waals surface area contributed by atoms with Gasteiger partial charge in [0.05, 0.1) is 0 Å². The fraction of sp³-hybridized carbons (Fsp3) is 0.706. The number of nitrogens with one attached hydrogen (secondary N) is 2. The third kappa shape index (κ3) is 5.42. The summed E-state index contributed by atoms with van der Waals surface area (Å²) >= 11 is 1.23. The summed E-state index contributed by atoms with van der Waals surface area (Å²) in [4.78, 5) is 4.24. The summed E-state index contributed by atoms with van der Waals surface area (Å²) in [6.07, 6.45) is 4.74. The zero-order valence-corrected chi connectivity index (χ0v) is 17.5. The fourth-order valence-corrected chi connectivity index (χ4v) is 5.39. The molecule has 1 aliphatic carbocycles. The maximum atomic E-state index is 12.4. The molecule has 1 aromatic rings. The summed E-state index contributed by atoms with van der Waals surface area (Å²) in [5.41, 5.74) is 0.299. The van der Waals surface area contributed by atoms with E-state index in [9.17, 15) is 8.42 Å². The molecule has 1 heterocycles. The lowest BCUT2D eigenvalue weighted by molar-refractivity contribution is 0.0732. The highest BCUT2D eigenvalue weighted by Gasteiger charge is 2.36. The number of likely N-dealkylation sites (N-methyl/N-ethyl adjacent to an activating group) is 1. The molecule has 2 N–H and O–H groups in total. The average molecular weight is 403 g/mol. The number of nitrogens with zero attached hydrogens (tertiary/aromatic N) is 2. The molecule has 1 aromatic heterocycles. The van der Waals surface area contributed by atoms with E-state index in [1.54, 1.807) is 38.7 Å². The van der Waals surface area contributed by atoms with Crippen LogP contribution in [0.5, 0.6) is 0 Å². The average Bonchev–Trinajstić information content (AvgIpc) is 3.14. The summed E-state index contributed by atoms with van der Waals surface area (Å²) in [5.74, 6) is 0.704. The molecule has 0 bridgehead atoms. The van der Waals surface area contributed by atoms with E-state index in [1.807, 2.05) is 0 Å². The van der Waals surface area contributed by atoms with Crippen molar-refractivity contribution in [3.63, 3.8) is 0 Å². The first-order valence-corrected chi connectivity index (χ1v) is 11.2. The van der Waals surface area contributed by atoms with Gasteiger partial charge in [0.25, 0.3) is 10.0 Å². The Bertz CT molecular complexity index is 670. The molecular formula is C17H30N4O3S2. The second-order valence-corrected chi connectivity index (χ2v) is 9.93. The SMILES string of the molecule is CN=C(NCCN(C)S(=O)(=O)c1cccs1)NCC1(CCOC)CCC1. The van der Waals surface area contributed by atoms with Gasteiger partial charge in [-0.1, -0.05) is 12.5 Å². The molecule has 26 heavy (non-hydrogen) atoms. The van der Waals surface area contributed by atoms with Gasteiger partial charge in [-0.3, -0.25) is 4.99 Å². The lowest BCUT2D eigenvalue weighted by Crippen LogP contribution is -2.48. The van der Waals surface area contributed by atoms with Crippen LogP contribution in [0.15, 0.2) is 26.7 Å². The van der Waals surface area contributed by atoms with Gasteiger partial charge in [0, 0.05) is 47.4 Å². The molecule has 0 aromatic carbocycles.